The quantitative estimate of drug-likeness (QED) is 0.393. The fraction of sp³-hybridized carbons (Fsp3) is 0.259. The number of benzene rings is 3. The molecule has 3 aromatic rings. The van der Waals surface area contributed by atoms with Crippen LogP contribution in [0.4, 0.5) is 5.69 Å². The third kappa shape index (κ3) is 7.02. The highest BCUT2D eigenvalue weighted by Crippen LogP contribution is 2.25. The molecule has 1 atom stereocenters. The lowest BCUT2D eigenvalue weighted by atomic mass is 10.1. The van der Waals surface area contributed by atoms with Gasteiger partial charge in [-0.25, -0.2) is 8.42 Å². The van der Waals surface area contributed by atoms with Gasteiger partial charge >= 0.3 is 0 Å². The van der Waals surface area contributed by atoms with Gasteiger partial charge in [0, 0.05) is 18.1 Å². The van der Waals surface area contributed by atoms with Gasteiger partial charge in [-0.2, -0.15) is 0 Å². The standard InChI is InChI=1S/C27H30ClN3O5S/c1-4-29-27(33)20(2)30(18-21-9-8-12-24(17-21)36-3)26(32)19-31(23-10-6-5-7-11-23)37(34,35)25-15-13-22(28)14-16-25/h5-17,20H,4,18-19H2,1-3H3,(H,29,33)/t20-/m1/s1. The van der Waals surface area contributed by atoms with Crippen LogP contribution in [0.2, 0.25) is 5.02 Å². The zero-order valence-electron chi connectivity index (χ0n) is 20.9. The minimum absolute atomic E-state index is 0.00956. The van der Waals surface area contributed by atoms with Gasteiger partial charge in [0.15, 0.2) is 0 Å². The summed E-state index contributed by atoms with van der Waals surface area (Å²) in [6.45, 7) is 3.37. The fourth-order valence-electron chi connectivity index (χ4n) is 3.73. The average molecular weight is 544 g/mol. The zero-order valence-corrected chi connectivity index (χ0v) is 22.5. The van der Waals surface area contributed by atoms with E-state index in [2.05, 4.69) is 5.32 Å². The lowest BCUT2D eigenvalue weighted by Crippen LogP contribution is -2.51. The maximum Gasteiger partial charge on any atom is 0.264 e. The van der Waals surface area contributed by atoms with Crippen molar-refractivity contribution < 1.29 is 22.7 Å². The average Bonchev–Trinajstić information content (AvgIpc) is 2.90. The molecule has 8 nitrogen and oxygen atoms in total. The Morgan fingerprint density at radius 1 is 1.00 bits per heavy atom. The van der Waals surface area contributed by atoms with Crippen LogP contribution in [0.5, 0.6) is 5.75 Å². The summed E-state index contributed by atoms with van der Waals surface area (Å²) < 4.78 is 33.7. The highest BCUT2D eigenvalue weighted by atomic mass is 35.5. The van der Waals surface area contributed by atoms with Gasteiger partial charge in [0.1, 0.15) is 18.3 Å². The molecule has 3 aromatic carbocycles. The Morgan fingerprint density at radius 2 is 1.68 bits per heavy atom. The Hall–Kier alpha value is -3.56. The van der Waals surface area contributed by atoms with Crippen LogP contribution in [-0.4, -0.2) is 51.4 Å². The van der Waals surface area contributed by atoms with Crippen LogP contribution in [0.15, 0.2) is 83.8 Å². The van der Waals surface area contributed by atoms with E-state index in [4.69, 9.17) is 16.3 Å². The summed E-state index contributed by atoms with van der Waals surface area (Å²) in [6.07, 6.45) is 0. The minimum Gasteiger partial charge on any atom is -0.497 e. The summed E-state index contributed by atoms with van der Waals surface area (Å²) in [5, 5.41) is 3.12. The van der Waals surface area contributed by atoms with E-state index >= 15 is 0 Å². The van der Waals surface area contributed by atoms with Crippen LogP contribution in [0.25, 0.3) is 0 Å². The van der Waals surface area contributed by atoms with Gasteiger partial charge in [0.25, 0.3) is 10.0 Å². The second-order valence-electron chi connectivity index (χ2n) is 8.24. The second kappa shape index (κ2) is 12.6. The number of likely N-dealkylation sites (N-methyl/N-ethyl adjacent to an activating group) is 1. The first kappa shape index (κ1) is 28.0. The predicted molar refractivity (Wildman–Crippen MR) is 144 cm³/mol. The summed E-state index contributed by atoms with van der Waals surface area (Å²) >= 11 is 5.96. The van der Waals surface area contributed by atoms with Crippen LogP contribution in [-0.2, 0) is 26.2 Å². The lowest BCUT2D eigenvalue weighted by molar-refractivity contribution is -0.139. The molecule has 2 amide bonds. The molecule has 0 unspecified atom stereocenters. The van der Waals surface area contributed by atoms with E-state index in [1.54, 1.807) is 69.5 Å². The maximum absolute atomic E-state index is 13.8. The monoisotopic (exact) mass is 543 g/mol. The van der Waals surface area contributed by atoms with E-state index in [1.165, 1.54) is 29.2 Å². The molecule has 0 bridgehead atoms. The molecule has 196 valence electrons. The number of nitrogens with zero attached hydrogens (tertiary/aromatic N) is 2. The third-order valence-electron chi connectivity index (χ3n) is 5.73. The molecular formula is C27H30ClN3O5S. The van der Waals surface area contributed by atoms with Gasteiger partial charge in [-0.15, -0.1) is 0 Å². The SMILES string of the molecule is CCNC(=O)[C@@H](C)N(Cc1cccc(OC)c1)C(=O)CN(c1ccccc1)S(=O)(=O)c1ccc(Cl)cc1. The molecule has 3 rings (SSSR count). The number of methoxy groups -OCH3 is 1. The summed E-state index contributed by atoms with van der Waals surface area (Å²) in [4.78, 5) is 27.8. The highest BCUT2D eigenvalue weighted by Gasteiger charge is 2.32. The number of nitrogens with one attached hydrogen (secondary N) is 1. The first-order valence-electron chi connectivity index (χ1n) is 11.7. The Labute approximate surface area is 222 Å². The van der Waals surface area contributed by atoms with E-state index in [1.807, 2.05) is 6.07 Å². The smallest absolute Gasteiger partial charge is 0.264 e. The third-order valence-corrected chi connectivity index (χ3v) is 7.77. The van der Waals surface area contributed by atoms with Gasteiger partial charge in [-0.1, -0.05) is 41.9 Å². The van der Waals surface area contributed by atoms with Gasteiger partial charge in [0.05, 0.1) is 17.7 Å². The molecule has 0 fully saturated rings. The number of rotatable bonds is 11. The van der Waals surface area contributed by atoms with Crippen molar-refractivity contribution in [2.75, 3.05) is 24.5 Å². The molecule has 0 aliphatic heterocycles. The Balaban J connectivity index is 2.00. The maximum atomic E-state index is 13.8. The molecule has 37 heavy (non-hydrogen) atoms. The number of anilines is 1. The highest BCUT2D eigenvalue weighted by molar-refractivity contribution is 7.92. The van der Waals surface area contributed by atoms with Crippen LogP contribution in [0, 0.1) is 0 Å². The number of carbonyl (C=O) groups is 2. The molecular weight excluding hydrogens is 514 g/mol. The zero-order chi connectivity index (χ0) is 27.0. The Morgan fingerprint density at radius 3 is 2.30 bits per heavy atom. The van der Waals surface area contributed by atoms with Gasteiger partial charge in [0.2, 0.25) is 11.8 Å². The molecule has 10 heteroatoms. The molecule has 0 aliphatic rings. The normalized spacial score (nSPS) is 11.9. The fourth-order valence-corrected chi connectivity index (χ4v) is 5.27. The molecule has 1 N–H and O–H groups in total. The predicted octanol–water partition coefficient (Wildman–Crippen LogP) is 4.10. The van der Waals surface area contributed by atoms with Gasteiger partial charge in [-0.05, 0) is 67.9 Å². The number of hydrogen-bond acceptors (Lipinski definition) is 5. The summed E-state index contributed by atoms with van der Waals surface area (Å²) in [5.74, 6) is -0.277. The van der Waals surface area contributed by atoms with Crippen molar-refractivity contribution in [1.82, 2.24) is 10.2 Å². The van der Waals surface area contributed by atoms with Crippen LogP contribution in [0.1, 0.15) is 19.4 Å². The second-order valence-corrected chi connectivity index (χ2v) is 10.5. The number of halogens is 1. The van der Waals surface area contributed by atoms with Crippen molar-refractivity contribution in [2.24, 2.45) is 0 Å². The van der Waals surface area contributed by atoms with Crippen LogP contribution >= 0.6 is 11.6 Å². The summed E-state index contributed by atoms with van der Waals surface area (Å²) in [7, 11) is -2.59. The first-order valence-corrected chi connectivity index (χ1v) is 13.5. The number of carbonyl (C=O) groups excluding carboxylic acids is 2. The van der Waals surface area contributed by atoms with Crippen molar-refractivity contribution >= 4 is 39.1 Å². The van der Waals surface area contributed by atoms with Gasteiger partial charge in [-0.3, -0.25) is 13.9 Å². The van der Waals surface area contributed by atoms with E-state index in [0.29, 0.717) is 23.0 Å². The van der Waals surface area contributed by atoms with E-state index < -0.39 is 28.5 Å². The minimum atomic E-state index is -4.13. The topological polar surface area (TPSA) is 96.0 Å². The van der Waals surface area contributed by atoms with E-state index in [0.717, 1.165) is 9.87 Å². The number of para-hydroxylation sites is 1. The molecule has 0 radical (unpaired) electrons. The van der Waals surface area contributed by atoms with Crippen molar-refractivity contribution in [1.29, 1.82) is 0 Å². The molecule has 0 heterocycles. The van der Waals surface area contributed by atoms with E-state index in [9.17, 15) is 18.0 Å². The van der Waals surface area contributed by atoms with Crippen molar-refractivity contribution in [2.45, 2.75) is 31.3 Å². The van der Waals surface area contributed by atoms with Crippen molar-refractivity contribution in [3.8, 4) is 5.75 Å². The number of ether oxygens (including phenoxy) is 1. The molecule has 0 spiro atoms. The number of sulfonamides is 1. The molecule has 0 aliphatic carbocycles. The van der Waals surface area contributed by atoms with Crippen molar-refractivity contribution in [3.05, 3.63) is 89.4 Å². The number of amides is 2. The summed E-state index contributed by atoms with van der Waals surface area (Å²) in [6, 6.07) is 20.4. The van der Waals surface area contributed by atoms with Gasteiger partial charge < -0.3 is 15.0 Å². The largest absolute Gasteiger partial charge is 0.497 e. The summed E-state index contributed by atoms with van der Waals surface area (Å²) in [5.41, 5.74) is 1.05. The Bertz CT molecular complexity index is 1320. The molecule has 0 aromatic heterocycles. The molecule has 0 saturated heterocycles. The van der Waals surface area contributed by atoms with Crippen LogP contribution < -0.4 is 14.4 Å². The van der Waals surface area contributed by atoms with E-state index in [-0.39, 0.29) is 17.3 Å². The Kier molecular flexibility index (Phi) is 9.54. The lowest BCUT2D eigenvalue weighted by Gasteiger charge is -2.32. The molecule has 0 saturated carbocycles. The first-order chi connectivity index (χ1) is 17.7. The van der Waals surface area contributed by atoms with Crippen LogP contribution in [0.3, 0.4) is 0 Å². The van der Waals surface area contributed by atoms with Crippen molar-refractivity contribution in [3.63, 3.8) is 0 Å². The number of hydrogen-bond donors (Lipinski definition) is 1.